The van der Waals surface area contributed by atoms with Gasteiger partial charge >= 0.3 is 0 Å². The molecule has 2 aromatic rings. The molecule has 0 amide bonds. The van der Waals surface area contributed by atoms with Crippen LogP contribution in [0, 0.1) is 5.92 Å². The van der Waals surface area contributed by atoms with Crippen molar-refractivity contribution in [2.75, 3.05) is 13.2 Å². The molecule has 2 rings (SSSR count). The van der Waals surface area contributed by atoms with Gasteiger partial charge in [0.25, 0.3) is 0 Å². The second-order valence-electron chi connectivity index (χ2n) is 7.22. The maximum atomic E-state index is 5.83. The first-order chi connectivity index (χ1) is 13.2. The molecule has 0 aliphatic heterocycles. The molecule has 1 heterocycles. The maximum Gasteiger partial charge on any atom is 0.233 e. The second kappa shape index (κ2) is 12.3. The standard InChI is InChI=1S/C23H34N2O2/c1-4-6-7-8-9-10-17-26-21-13-11-20(12-14-21)22-15-16-23(25-24-22)27-18-19(3)5-2/h11-16,19H,4-10,17-18H2,1-3H3/t19-/m0/s1. The van der Waals surface area contributed by atoms with E-state index in [4.69, 9.17) is 9.47 Å². The Hall–Kier alpha value is -2.10. The molecular formula is C23H34N2O2. The lowest BCUT2D eigenvalue weighted by Crippen LogP contribution is -2.08. The van der Waals surface area contributed by atoms with Crippen molar-refractivity contribution in [2.45, 2.75) is 65.7 Å². The Labute approximate surface area is 164 Å². The van der Waals surface area contributed by atoms with Gasteiger partial charge in [-0.3, -0.25) is 0 Å². The van der Waals surface area contributed by atoms with Crippen LogP contribution in [0.25, 0.3) is 11.3 Å². The molecule has 0 aliphatic rings. The summed E-state index contributed by atoms with van der Waals surface area (Å²) in [6.45, 7) is 8.03. The number of rotatable bonds is 13. The molecule has 0 spiro atoms. The Bertz CT molecular complexity index is 626. The summed E-state index contributed by atoms with van der Waals surface area (Å²) >= 11 is 0. The van der Waals surface area contributed by atoms with Gasteiger partial charge in [-0.1, -0.05) is 59.3 Å². The number of aromatic nitrogens is 2. The fourth-order valence-electron chi connectivity index (χ4n) is 2.69. The predicted octanol–water partition coefficient (Wildman–Crippen LogP) is 6.31. The third-order valence-corrected chi connectivity index (χ3v) is 4.77. The van der Waals surface area contributed by atoms with Crippen LogP contribution in [0.1, 0.15) is 65.7 Å². The minimum Gasteiger partial charge on any atom is -0.494 e. The number of hydrogen-bond acceptors (Lipinski definition) is 4. The van der Waals surface area contributed by atoms with Gasteiger partial charge in [-0.2, -0.15) is 0 Å². The van der Waals surface area contributed by atoms with E-state index < -0.39 is 0 Å². The summed E-state index contributed by atoms with van der Waals surface area (Å²) in [5.41, 5.74) is 1.87. The quantitative estimate of drug-likeness (QED) is 0.388. The van der Waals surface area contributed by atoms with Crippen LogP contribution >= 0.6 is 0 Å². The Morgan fingerprint density at radius 2 is 1.56 bits per heavy atom. The van der Waals surface area contributed by atoms with Gasteiger partial charge in [0.1, 0.15) is 5.75 Å². The Kier molecular flexibility index (Phi) is 9.67. The first-order valence-corrected chi connectivity index (χ1v) is 10.4. The van der Waals surface area contributed by atoms with E-state index in [0.717, 1.165) is 36.5 Å². The molecule has 27 heavy (non-hydrogen) atoms. The number of ether oxygens (including phenoxy) is 2. The Morgan fingerprint density at radius 3 is 2.22 bits per heavy atom. The van der Waals surface area contributed by atoms with Crippen molar-refractivity contribution < 1.29 is 9.47 Å². The molecule has 0 N–H and O–H groups in total. The second-order valence-corrected chi connectivity index (χ2v) is 7.22. The summed E-state index contributed by atoms with van der Waals surface area (Å²) in [6, 6.07) is 11.9. The van der Waals surface area contributed by atoms with Gasteiger partial charge in [0.05, 0.1) is 18.9 Å². The van der Waals surface area contributed by atoms with Crippen molar-refractivity contribution in [1.82, 2.24) is 10.2 Å². The van der Waals surface area contributed by atoms with Crippen LogP contribution in [0.2, 0.25) is 0 Å². The molecule has 1 aromatic carbocycles. The van der Waals surface area contributed by atoms with Crippen LogP contribution in [-0.4, -0.2) is 23.4 Å². The lowest BCUT2D eigenvalue weighted by atomic mass is 10.1. The zero-order valence-corrected chi connectivity index (χ0v) is 17.1. The highest BCUT2D eigenvalue weighted by atomic mass is 16.5. The van der Waals surface area contributed by atoms with Crippen molar-refractivity contribution in [2.24, 2.45) is 5.92 Å². The van der Waals surface area contributed by atoms with Gasteiger partial charge in [-0.05, 0) is 42.7 Å². The topological polar surface area (TPSA) is 44.2 Å². The third kappa shape index (κ3) is 7.98. The molecule has 4 heteroatoms. The van der Waals surface area contributed by atoms with Crippen LogP contribution in [0.15, 0.2) is 36.4 Å². The van der Waals surface area contributed by atoms with Gasteiger partial charge in [0.15, 0.2) is 0 Å². The highest BCUT2D eigenvalue weighted by Crippen LogP contribution is 2.21. The van der Waals surface area contributed by atoms with E-state index in [1.54, 1.807) is 0 Å². The van der Waals surface area contributed by atoms with E-state index in [2.05, 4.69) is 31.0 Å². The summed E-state index contributed by atoms with van der Waals surface area (Å²) in [5, 5.41) is 8.45. The van der Waals surface area contributed by atoms with E-state index in [1.165, 1.54) is 32.1 Å². The lowest BCUT2D eigenvalue weighted by Gasteiger charge is -2.10. The van der Waals surface area contributed by atoms with Crippen molar-refractivity contribution in [1.29, 1.82) is 0 Å². The molecule has 0 saturated heterocycles. The zero-order valence-electron chi connectivity index (χ0n) is 17.1. The molecular weight excluding hydrogens is 336 g/mol. The van der Waals surface area contributed by atoms with Crippen molar-refractivity contribution >= 4 is 0 Å². The molecule has 4 nitrogen and oxygen atoms in total. The minimum absolute atomic E-state index is 0.523. The molecule has 1 aromatic heterocycles. The largest absolute Gasteiger partial charge is 0.494 e. The number of benzene rings is 1. The lowest BCUT2D eigenvalue weighted by molar-refractivity contribution is 0.245. The van der Waals surface area contributed by atoms with Crippen LogP contribution in [0.3, 0.4) is 0 Å². The van der Waals surface area contributed by atoms with Crippen LogP contribution in [0.5, 0.6) is 11.6 Å². The average Bonchev–Trinajstić information content (AvgIpc) is 2.72. The molecule has 148 valence electrons. The van der Waals surface area contributed by atoms with Gasteiger partial charge in [-0.25, -0.2) is 0 Å². The van der Waals surface area contributed by atoms with Crippen LogP contribution in [-0.2, 0) is 0 Å². The van der Waals surface area contributed by atoms with Crippen molar-refractivity contribution in [3.63, 3.8) is 0 Å². The summed E-state index contributed by atoms with van der Waals surface area (Å²) < 4.78 is 11.5. The predicted molar refractivity (Wildman–Crippen MR) is 111 cm³/mol. The number of hydrogen-bond donors (Lipinski definition) is 0. The number of nitrogens with zero attached hydrogens (tertiary/aromatic N) is 2. The molecule has 1 atom stereocenters. The SMILES string of the molecule is CCCCCCCCOc1ccc(-c2ccc(OC[C@@H](C)CC)nn2)cc1. The van der Waals surface area contributed by atoms with E-state index in [-0.39, 0.29) is 0 Å². The highest BCUT2D eigenvalue weighted by Gasteiger charge is 2.05. The zero-order chi connectivity index (χ0) is 19.3. The summed E-state index contributed by atoms with van der Waals surface area (Å²) in [6.07, 6.45) is 8.75. The van der Waals surface area contributed by atoms with E-state index in [0.29, 0.717) is 18.4 Å². The van der Waals surface area contributed by atoms with Gasteiger partial charge in [0.2, 0.25) is 5.88 Å². The van der Waals surface area contributed by atoms with E-state index in [9.17, 15) is 0 Å². The monoisotopic (exact) mass is 370 g/mol. The van der Waals surface area contributed by atoms with Crippen molar-refractivity contribution in [3.8, 4) is 22.9 Å². The van der Waals surface area contributed by atoms with Gasteiger partial charge in [-0.15, -0.1) is 10.2 Å². The fraction of sp³-hybridized carbons (Fsp3) is 0.565. The molecule has 0 aliphatic carbocycles. The molecule has 0 unspecified atom stereocenters. The fourth-order valence-corrected chi connectivity index (χ4v) is 2.69. The van der Waals surface area contributed by atoms with E-state index >= 15 is 0 Å². The highest BCUT2D eigenvalue weighted by molar-refractivity contribution is 5.59. The van der Waals surface area contributed by atoms with Crippen LogP contribution in [0.4, 0.5) is 0 Å². The molecule has 0 fully saturated rings. The normalized spacial score (nSPS) is 12.0. The molecule has 0 radical (unpaired) electrons. The summed E-state index contributed by atoms with van der Waals surface area (Å²) in [7, 11) is 0. The average molecular weight is 371 g/mol. The summed E-state index contributed by atoms with van der Waals surface area (Å²) in [4.78, 5) is 0. The molecule has 0 bridgehead atoms. The smallest absolute Gasteiger partial charge is 0.233 e. The molecule has 0 saturated carbocycles. The first kappa shape index (κ1) is 21.2. The third-order valence-electron chi connectivity index (χ3n) is 4.77. The Morgan fingerprint density at radius 1 is 0.815 bits per heavy atom. The minimum atomic E-state index is 0.523. The summed E-state index contributed by atoms with van der Waals surface area (Å²) in [5.74, 6) is 2.02. The maximum absolute atomic E-state index is 5.83. The van der Waals surface area contributed by atoms with Crippen LogP contribution < -0.4 is 9.47 Å². The van der Waals surface area contributed by atoms with E-state index in [1.807, 2.05) is 36.4 Å². The van der Waals surface area contributed by atoms with Gasteiger partial charge < -0.3 is 9.47 Å². The number of unbranched alkanes of at least 4 members (excludes halogenated alkanes) is 5. The van der Waals surface area contributed by atoms with Crippen molar-refractivity contribution in [3.05, 3.63) is 36.4 Å². The van der Waals surface area contributed by atoms with Gasteiger partial charge in [0, 0.05) is 11.6 Å². The Balaban J connectivity index is 1.75. The first-order valence-electron chi connectivity index (χ1n) is 10.4.